The minimum atomic E-state index is 0.144. The highest BCUT2D eigenvalue weighted by Gasteiger charge is 2.21. The molecule has 80 valence electrons. The molecule has 2 aliphatic rings. The van der Waals surface area contributed by atoms with Gasteiger partial charge >= 0.3 is 0 Å². The molecule has 2 rings (SSSR count). The van der Waals surface area contributed by atoms with Crippen molar-refractivity contribution in [2.45, 2.75) is 37.8 Å². The Morgan fingerprint density at radius 2 is 2.43 bits per heavy atom. The average molecular weight is 198 g/mol. The Hall–Kier alpha value is -0.610. The molecular formula is C10H18N2O2. The first-order valence-electron chi connectivity index (χ1n) is 5.46. The van der Waals surface area contributed by atoms with Crippen molar-refractivity contribution in [1.82, 2.24) is 10.6 Å². The van der Waals surface area contributed by atoms with Crippen molar-refractivity contribution in [1.29, 1.82) is 0 Å². The first kappa shape index (κ1) is 9.93. The van der Waals surface area contributed by atoms with E-state index >= 15 is 0 Å². The Labute approximate surface area is 84.4 Å². The molecule has 0 radical (unpaired) electrons. The van der Waals surface area contributed by atoms with Crippen molar-refractivity contribution in [2.24, 2.45) is 0 Å². The van der Waals surface area contributed by atoms with E-state index in [1.54, 1.807) is 0 Å². The van der Waals surface area contributed by atoms with E-state index in [4.69, 9.17) is 4.74 Å². The second-order valence-corrected chi connectivity index (χ2v) is 4.10. The molecule has 2 heterocycles. The van der Waals surface area contributed by atoms with Crippen molar-refractivity contribution in [2.75, 3.05) is 19.7 Å². The summed E-state index contributed by atoms with van der Waals surface area (Å²) in [6, 6.07) is 0.337. The van der Waals surface area contributed by atoms with E-state index < -0.39 is 0 Å². The van der Waals surface area contributed by atoms with Crippen LogP contribution in [-0.2, 0) is 9.53 Å². The van der Waals surface area contributed by atoms with Crippen molar-refractivity contribution >= 4 is 5.91 Å². The SMILES string of the molecule is O=C(CC1CCCO1)NC1CCNC1. The number of hydrogen-bond acceptors (Lipinski definition) is 3. The van der Waals surface area contributed by atoms with Crippen LogP contribution in [0.1, 0.15) is 25.7 Å². The van der Waals surface area contributed by atoms with Crippen LogP contribution in [0.3, 0.4) is 0 Å². The van der Waals surface area contributed by atoms with Crippen molar-refractivity contribution < 1.29 is 9.53 Å². The summed E-state index contributed by atoms with van der Waals surface area (Å²) in [4.78, 5) is 11.5. The van der Waals surface area contributed by atoms with Gasteiger partial charge in [0.15, 0.2) is 0 Å². The molecule has 4 heteroatoms. The Morgan fingerprint density at radius 1 is 1.50 bits per heavy atom. The summed E-state index contributed by atoms with van der Waals surface area (Å²) in [6.45, 7) is 2.76. The Kier molecular flexibility index (Phi) is 3.37. The van der Waals surface area contributed by atoms with E-state index in [0.717, 1.165) is 39.0 Å². The molecule has 2 saturated heterocycles. The van der Waals surface area contributed by atoms with Gasteiger partial charge < -0.3 is 15.4 Å². The number of amides is 1. The van der Waals surface area contributed by atoms with Crippen molar-refractivity contribution in [3.05, 3.63) is 0 Å². The number of rotatable bonds is 3. The third kappa shape index (κ3) is 2.69. The average Bonchev–Trinajstić information content (AvgIpc) is 2.76. The first-order chi connectivity index (χ1) is 6.84. The lowest BCUT2D eigenvalue weighted by Gasteiger charge is -2.13. The van der Waals surface area contributed by atoms with Gasteiger partial charge in [-0.25, -0.2) is 0 Å². The first-order valence-corrected chi connectivity index (χ1v) is 5.46. The molecule has 14 heavy (non-hydrogen) atoms. The molecule has 4 nitrogen and oxygen atoms in total. The Bertz CT molecular complexity index is 176. The number of nitrogens with one attached hydrogen (secondary N) is 2. The van der Waals surface area contributed by atoms with Crippen LogP contribution in [0.4, 0.5) is 0 Å². The van der Waals surface area contributed by atoms with Gasteiger partial charge in [0.05, 0.1) is 12.5 Å². The molecule has 0 bridgehead atoms. The van der Waals surface area contributed by atoms with Gasteiger partial charge in [0.2, 0.25) is 5.91 Å². The second kappa shape index (κ2) is 4.75. The van der Waals surface area contributed by atoms with E-state index in [1.807, 2.05) is 0 Å². The molecule has 2 atom stereocenters. The van der Waals surface area contributed by atoms with Crippen LogP contribution in [0, 0.1) is 0 Å². The van der Waals surface area contributed by atoms with Gasteiger partial charge in [-0.15, -0.1) is 0 Å². The lowest BCUT2D eigenvalue weighted by Crippen LogP contribution is -2.37. The summed E-state index contributed by atoms with van der Waals surface area (Å²) < 4.78 is 5.41. The van der Waals surface area contributed by atoms with Crippen molar-refractivity contribution in [3.63, 3.8) is 0 Å². The highest BCUT2D eigenvalue weighted by atomic mass is 16.5. The van der Waals surface area contributed by atoms with Crippen molar-refractivity contribution in [3.8, 4) is 0 Å². The summed E-state index contributed by atoms with van der Waals surface area (Å²) >= 11 is 0. The smallest absolute Gasteiger partial charge is 0.222 e. The van der Waals surface area contributed by atoms with Crippen LogP contribution in [0.2, 0.25) is 0 Å². The van der Waals surface area contributed by atoms with Crippen LogP contribution < -0.4 is 10.6 Å². The predicted molar refractivity (Wildman–Crippen MR) is 53.0 cm³/mol. The molecule has 0 saturated carbocycles. The fourth-order valence-corrected chi connectivity index (χ4v) is 2.08. The molecule has 2 unspecified atom stereocenters. The van der Waals surface area contributed by atoms with Gasteiger partial charge in [-0.1, -0.05) is 0 Å². The minimum Gasteiger partial charge on any atom is -0.378 e. The molecule has 0 aromatic heterocycles. The molecule has 0 aromatic rings. The van der Waals surface area contributed by atoms with E-state index in [1.165, 1.54) is 0 Å². The summed E-state index contributed by atoms with van der Waals surface area (Å²) in [5, 5.41) is 6.25. The monoisotopic (exact) mass is 198 g/mol. The Morgan fingerprint density at radius 3 is 3.07 bits per heavy atom. The highest BCUT2D eigenvalue weighted by molar-refractivity contribution is 5.76. The molecule has 2 aliphatic heterocycles. The van der Waals surface area contributed by atoms with Gasteiger partial charge in [-0.2, -0.15) is 0 Å². The quantitative estimate of drug-likeness (QED) is 0.673. The zero-order chi connectivity index (χ0) is 9.80. The van der Waals surface area contributed by atoms with Crippen LogP contribution in [0.25, 0.3) is 0 Å². The van der Waals surface area contributed by atoms with Gasteiger partial charge in [0.25, 0.3) is 0 Å². The lowest BCUT2D eigenvalue weighted by molar-refractivity contribution is -0.123. The largest absolute Gasteiger partial charge is 0.378 e. The van der Waals surface area contributed by atoms with Crippen LogP contribution in [-0.4, -0.2) is 37.7 Å². The second-order valence-electron chi connectivity index (χ2n) is 4.10. The zero-order valence-electron chi connectivity index (χ0n) is 8.42. The number of carbonyl (C=O) groups excluding carboxylic acids is 1. The molecule has 0 aliphatic carbocycles. The third-order valence-electron chi connectivity index (χ3n) is 2.86. The topological polar surface area (TPSA) is 50.4 Å². The normalized spacial score (nSPS) is 32.0. The Balaban J connectivity index is 1.66. The van der Waals surface area contributed by atoms with Gasteiger partial charge in [-0.3, -0.25) is 4.79 Å². The lowest BCUT2D eigenvalue weighted by atomic mass is 10.1. The van der Waals surface area contributed by atoms with E-state index in [9.17, 15) is 4.79 Å². The van der Waals surface area contributed by atoms with Crippen LogP contribution in [0.5, 0.6) is 0 Å². The fourth-order valence-electron chi connectivity index (χ4n) is 2.08. The molecule has 1 amide bonds. The predicted octanol–water partition coefficient (Wildman–Crippen LogP) is 0.0336. The maximum absolute atomic E-state index is 11.5. The molecular weight excluding hydrogens is 180 g/mol. The van der Waals surface area contributed by atoms with Crippen LogP contribution in [0.15, 0.2) is 0 Å². The van der Waals surface area contributed by atoms with E-state index in [2.05, 4.69) is 10.6 Å². The molecule has 2 fully saturated rings. The van der Waals surface area contributed by atoms with E-state index in [0.29, 0.717) is 12.5 Å². The van der Waals surface area contributed by atoms with E-state index in [-0.39, 0.29) is 12.0 Å². The summed E-state index contributed by atoms with van der Waals surface area (Å²) in [5.41, 5.74) is 0. The van der Waals surface area contributed by atoms with Crippen LogP contribution >= 0.6 is 0 Å². The molecule has 2 N–H and O–H groups in total. The summed E-state index contributed by atoms with van der Waals surface area (Å²) in [5.74, 6) is 0.144. The zero-order valence-corrected chi connectivity index (χ0v) is 8.42. The molecule has 0 aromatic carbocycles. The third-order valence-corrected chi connectivity index (χ3v) is 2.86. The maximum Gasteiger partial charge on any atom is 0.222 e. The summed E-state index contributed by atoms with van der Waals surface area (Å²) in [7, 11) is 0. The maximum atomic E-state index is 11.5. The van der Waals surface area contributed by atoms with Gasteiger partial charge in [0.1, 0.15) is 0 Å². The fraction of sp³-hybridized carbons (Fsp3) is 0.900. The number of carbonyl (C=O) groups is 1. The minimum absolute atomic E-state index is 0.144. The van der Waals surface area contributed by atoms with Gasteiger partial charge in [0, 0.05) is 19.2 Å². The molecule has 0 spiro atoms. The standard InChI is InChI=1S/C10H18N2O2/c13-10(6-9-2-1-5-14-9)12-8-3-4-11-7-8/h8-9,11H,1-7H2,(H,12,13). The number of hydrogen-bond donors (Lipinski definition) is 2. The van der Waals surface area contributed by atoms with Gasteiger partial charge in [-0.05, 0) is 25.8 Å². The summed E-state index contributed by atoms with van der Waals surface area (Å²) in [6.07, 6.45) is 3.90. The highest BCUT2D eigenvalue weighted by Crippen LogP contribution is 2.15. The number of ether oxygens (including phenoxy) is 1.